The van der Waals surface area contributed by atoms with Gasteiger partial charge in [-0.25, -0.2) is 0 Å². The van der Waals surface area contributed by atoms with Gasteiger partial charge >= 0.3 is 0 Å². The Morgan fingerprint density at radius 1 is 0.846 bits per heavy atom. The number of amides is 2. The van der Waals surface area contributed by atoms with Crippen LogP contribution in [0.5, 0.6) is 0 Å². The van der Waals surface area contributed by atoms with Crippen molar-refractivity contribution in [1.82, 2.24) is 9.80 Å². The molecular formula is C31H35N5O2S. The van der Waals surface area contributed by atoms with Crippen molar-refractivity contribution in [3.8, 4) is 0 Å². The number of carbonyl (C=O) groups excluding carboxylic acids is 2. The SMILES string of the molecule is Cc1ccc(N2C(=O)[C@H](CC(=O)Nc3ccccc3)N(CCCN3CCN(c4ccccc4)CC3)C2=S)cc1. The van der Waals surface area contributed by atoms with Crippen LogP contribution >= 0.6 is 12.2 Å². The first kappa shape index (κ1) is 26.8. The third kappa shape index (κ3) is 6.46. The fourth-order valence-electron chi connectivity index (χ4n) is 5.26. The number of carbonyl (C=O) groups is 2. The van der Waals surface area contributed by atoms with Crippen molar-refractivity contribution in [2.24, 2.45) is 0 Å². The summed E-state index contributed by atoms with van der Waals surface area (Å²) in [7, 11) is 0. The highest BCUT2D eigenvalue weighted by atomic mass is 32.1. The van der Waals surface area contributed by atoms with Gasteiger partial charge in [0.2, 0.25) is 5.91 Å². The number of benzene rings is 3. The molecule has 0 radical (unpaired) electrons. The summed E-state index contributed by atoms with van der Waals surface area (Å²) in [6.45, 7) is 7.53. The fourth-order valence-corrected chi connectivity index (χ4v) is 5.68. The number of hydrogen-bond donors (Lipinski definition) is 1. The first-order chi connectivity index (χ1) is 19.0. The van der Waals surface area contributed by atoms with Gasteiger partial charge in [-0.1, -0.05) is 54.1 Å². The van der Waals surface area contributed by atoms with E-state index in [1.54, 1.807) is 4.90 Å². The van der Waals surface area contributed by atoms with E-state index in [1.165, 1.54) is 5.69 Å². The standard InChI is InChI=1S/C31H35N5O2S/c1-24-13-15-27(16-14-24)36-30(38)28(23-29(37)32-25-9-4-2-5-10-25)35(31(36)39)18-8-17-33-19-21-34(22-20-33)26-11-6-3-7-12-26/h2-7,9-16,28H,8,17-23H2,1H3,(H,32,37)/t28-/m0/s1. The van der Waals surface area contributed by atoms with Gasteiger partial charge in [0.15, 0.2) is 5.11 Å². The Labute approximate surface area is 236 Å². The smallest absolute Gasteiger partial charge is 0.256 e. The molecule has 0 saturated carbocycles. The zero-order valence-electron chi connectivity index (χ0n) is 22.3. The monoisotopic (exact) mass is 541 g/mol. The molecule has 8 heteroatoms. The Balaban J connectivity index is 1.22. The number of rotatable bonds is 9. The molecule has 1 N–H and O–H groups in total. The fraction of sp³-hybridized carbons (Fsp3) is 0.323. The van der Waals surface area contributed by atoms with Crippen LogP contribution in [-0.4, -0.2) is 72.0 Å². The van der Waals surface area contributed by atoms with Gasteiger partial charge in [0.25, 0.3) is 5.91 Å². The molecule has 2 aliphatic rings. The lowest BCUT2D eigenvalue weighted by molar-refractivity contribution is -0.124. The van der Waals surface area contributed by atoms with Gasteiger partial charge in [0.05, 0.1) is 12.1 Å². The Kier molecular flexibility index (Phi) is 8.54. The summed E-state index contributed by atoms with van der Waals surface area (Å²) in [5, 5.41) is 3.39. The molecule has 0 unspecified atom stereocenters. The van der Waals surface area contributed by atoms with Crippen LogP contribution in [0.4, 0.5) is 17.1 Å². The number of aryl methyl sites for hydroxylation is 1. The molecule has 2 amide bonds. The minimum absolute atomic E-state index is 0.0476. The average Bonchev–Trinajstić information content (AvgIpc) is 3.19. The zero-order chi connectivity index (χ0) is 27.2. The molecule has 2 aliphatic heterocycles. The Hall–Kier alpha value is -3.75. The van der Waals surface area contributed by atoms with Gasteiger partial charge in [-0.3, -0.25) is 19.4 Å². The number of anilines is 3. The number of thiocarbonyl (C=S) groups is 1. The summed E-state index contributed by atoms with van der Waals surface area (Å²) >= 11 is 5.83. The normalized spacial score (nSPS) is 18.1. The van der Waals surface area contributed by atoms with E-state index in [0.29, 0.717) is 17.3 Å². The third-order valence-electron chi connectivity index (χ3n) is 7.41. The molecule has 2 fully saturated rings. The molecular weight excluding hydrogens is 506 g/mol. The van der Waals surface area contributed by atoms with E-state index in [9.17, 15) is 9.59 Å². The summed E-state index contributed by atoms with van der Waals surface area (Å²) in [5.74, 6) is -0.348. The van der Waals surface area contributed by atoms with Gasteiger partial charge in [-0.15, -0.1) is 0 Å². The quantitative estimate of drug-likeness (QED) is 0.402. The predicted molar refractivity (Wildman–Crippen MR) is 161 cm³/mol. The summed E-state index contributed by atoms with van der Waals surface area (Å²) in [6.07, 6.45) is 0.906. The average molecular weight is 542 g/mol. The van der Waals surface area contributed by atoms with Crippen LogP contribution in [-0.2, 0) is 9.59 Å². The Bertz CT molecular complexity index is 1280. The predicted octanol–water partition coefficient (Wildman–Crippen LogP) is 4.54. The molecule has 0 aromatic heterocycles. The van der Waals surface area contributed by atoms with Gasteiger partial charge in [-0.05, 0) is 68.5 Å². The van der Waals surface area contributed by atoms with E-state index in [0.717, 1.165) is 50.4 Å². The number of nitrogens with one attached hydrogen (secondary N) is 1. The molecule has 0 spiro atoms. The maximum atomic E-state index is 13.6. The lowest BCUT2D eigenvalue weighted by atomic mass is 10.1. The minimum atomic E-state index is -0.627. The number of nitrogens with zero attached hydrogens (tertiary/aromatic N) is 4. The van der Waals surface area contributed by atoms with Gasteiger partial charge in [-0.2, -0.15) is 0 Å². The van der Waals surface area contributed by atoms with Crippen molar-refractivity contribution in [3.05, 3.63) is 90.5 Å². The molecule has 1 atom stereocenters. The molecule has 0 bridgehead atoms. The van der Waals surface area contributed by atoms with E-state index >= 15 is 0 Å². The van der Waals surface area contributed by atoms with E-state index < -0.39 is 6.04 Å². The topological polar surface area (TPSA) is 59.1 Å². The number of para-hydroxylation sites is 2. The van der Waals surface area contributed by atoms with Crippen molar-refractivity contribution < 1.29 is 9.59 Å². The van der Waals surface area contributed by atoms with Gasteiger partial charge < -0.3 is 15.1 Å². The number of hydrogen-bond acceptors (Lipinski definition) is 5. The first-order valence-electron chi connectivity index (χ1n) is 13.6. The first-order valence-corrected chi connectivity index (χ1v) is 14.0. The second-order valence-electron chi connectivity index (χ2n) is 10.1. The van der Waals surface area contributed by atoms with Crippen LogP contribution in [0.1, 0.15) is 18.4 Å². The lowest BCUT2D eigenvalue weighted by Gasteiger charge is -2.36. The van der Waals surface area contributed by atoms with Crippen LogP contribution in [0.15, 0.2) is 84.9 Å². The van der Waals surface area contributed by atoms with Crippen LogP contribution in [0, 0.1) is 6.92 Å². The van der Waals surface area contributed by atoms with Crippen molar-refractivity contribution in [3.63, 3.8) is 0 Å². The minimum Gasteiger partial charge on any atom is -0.369 e. The summed E-state index contributed by atoms with van der Waals surface area (Å²) < 4.78 is 0. The summed E-state index contributed by atoms with van der Waals surface area (Å²) in [4.78, 5) is 35.0. The van der Waals surface area contributed by atoms with E-state index in [4.69, 9.17) is 12.2 Å². The molecule has 3 aromatic rings. The van der Waals surface area contributed by atoms with E-state index in [-0.39, 0.29) is 18.2 Å². The van der Waals surface area contributed by atoms with Gasteiger partial charge in [0.1, 0.15) is 6.04 Å². The third-order valence-corrected chi connectivity index (χ3v) is 7.83. The summed E-state index contributed by atoms with van der Waals surface area (Å²) in [6, 6.07) is 27.0. The van der Waals surface area contributed by atoms with Crippen LogP contribution < -0.4 is 15.1 Å². The van der Waals surface area contributed by atoms with Crippen molar-refractivity contribution >= 4 is 46.2 Å². The number of piperazine rings is 1. The lowest BCUT2D eigenvalue weighted by Crippen LogP contribution is -2.47. The van der Waals surface area contributed by atoms with E-state index in [1.807, 2.05) is 72.5 Å². The molecule has 7 nitrogen and oxygen atoms in total. The second-order valence-corrected chi connectivity index (χ2v) is 10.5. The largest absolute Gasteiger partial charge is 0.369 e. The molecule has 2 heterocycles. The summed E-state index contributed by atoms with van der Waals surface area (Å²) in [5.41, 5.74) is 3.83. The van der Waals surface area contributed by atoms with Crippen molar-refractivity contribution in [2.45, 2.75) is 25.8 Å². The van der Waals surface area contributed by atoms with E-state index in [2.05, 4.69) is 39.4 Å². The molecule has 202 valence electrons. The highest BCUT2D eigenvalue weighted by molar-refractivity contribution is 7.80. The Morgan fingerprint density at radius 2 is 1.49 bits per heavy atom. The van der Waals surface area contributed by atoms with Crippen LogP contribution in [0.3, 0.4) is 0 Å². The van der Waals surface area contributed by atoms with Gasteiger partial charge in [0, 0.05) is 44.1 Å². The maximum Gasteiger partial charge on any atom is 0.256 e. The highest BCUT2D eigenvalue weighted by Gasteiger charge is 2.43. The Morgan fingerprint density at radius 3 is 2.15 bits per heavy atom. The van der Waals surface area contributed by atoms with Crippen LogP contribution in [0.2, 0.25) is 0 Å². The maximum absolute atomic E-state index is 13.6. The van der Waals surface area contributed by atoms with Crippen molar-refractivity contribution in [1.29, 1.82) is 0 Å². The molecule has 0 aliphatic carbocycles. The second kappa shape index (κ2) is 12.4. The van der Waals surface area contributed by atoms with Crippen LogP contribution in [0.25, 0.3) is 0 Å². The molecule has 5 rings (SSSR count). The molecule has 2 saturated heterocycles. The zero-order valence-corrected chi connectivity index (χ0v) is 23.1. The molecule has 39 heavy (non-hydrogen) atoms. The highest BCUT2D eigenvalue weighted by Crippen LogP contribution is 2.28. The van der Waals surface area contributed by atoms with Crippen molar-refractivity contribution in [2.75, 3.05) is 54.4 Å². The molecule has 3 aromatic carbocycles.